The van der Waals surface area contributed by atoms with Crippen LogP contribution in [0.2, 0.25) is 0 Å². The highest BCUT2D eigenvalue weighted by atomic mass is 79.9. The Balaban J connectivity index is 0.000000157. The van der Waals surface area contributed by atoms with Gasteiger partial charge in [-0.15, -0.1) is 0 Å². The highest BCUT2D eigenvalue weighted by Gasteiger charge is 2.64. The summed E-state index contributed by atoms with van der Waals surface area (Å²) in [6.45, 7) is 28.5. The molecule has 5 atom stereocenters. The van der Waals surface area contributed by atoms with Crippen molar-refractivity contribution in [2.24, 2.45) is 11.8 Å². The fraction of sp³-hybridized carbons (Fsp3) is 0.429. The second-order valence-electron chi connectivity index (χ2n) is 26.9. The SMILES string of the molecule is C=C1C(Br)=C(Cl)C2(Oc3c(ccc(O)c3CCCCCC)C2=O)N1C.C=C1C(Cl)=C(Cl)C2(Oc3c(ccc(O)c3CCCC(C)C)C2=O)N1C.C=C1C(Cl)=C(Cl)C2(Oc3c(ccc(O)c3CCCC(C)CC)C2=O)N1C.C=C1C(Cl)=C(Cl)C2(Oc3c(ccc(O)c3CCCCCC)C2=O)N1C. The van der Waals surface area contributed by atoms with Crippen LogP contribution in [0.5, 0.6) is 46.0 Å². The lowest BCUT2D eigenvalue weighted by Crippen LogP contribution is -2.51. The first-order valence-electron chi connectivity index (χ1n) is 34.0. The monoisotopic (exact) mass is 1580 g/mol. The fourth-order valence-corrected chi connectivity index (χ4v) is 16.3. The molecule has 0 bridgehead atoms. The van der Waals surface area contributed by atoms with E-state index in [0.29, 0.717) is 132 Å². The van der Waals surface area contributed by atoms with E-state index in [9.17, 15) is 39.6 Å². The topological polar surface area (TPSA) is 199 Å². The van der Waals surface area contributed by atoms with Crippen molar-refractivity contribution in [1.82, 2.24) is 19.6 Å². The zero-order chi connectivity index (χ0) is 74.4. The van der Waals surface area contributed by atoms with E-state index >= 15 is 0 Å². The average molecular weight is 1590 g/mol. The van der Waals surface area contributed by atoms with Crippen molar-refractivity contribution in [1.29, 1.82) is 0 Å². The summed E-state index contributed by atoms with van der Waals surface area (Å²) in [6.07, 6.45) is 16.0. The van der Waals surface area contributed by atoms with Crippen LogP contribution in [-0.2, 0) is 25.7 Å². The van der Waals surface area contributed by atoms with Gasteiger partial charge in [0.2, 0.25) is 23.1 Å². The number of ether oxygens (including phenoxy) is 4. The number of carbonyl (C=O) groups excluding carboxylic acids is 4. The Hall–Kier alpha value is -6.41. The van der Waals surface area contributed by atoms with E-state index in [4.69, 9.17) is 100 Å². The molecule has 5 unspecified atom stereocenters. The molecule has 4 spiro atoms. The summed E-state index contributed by atoms with van der Waals surface area (Å²) in [4.78, 5) is 58.8. The van der Waals surface area contributed by atoms with Crippen LogP contribution in [0.4, 0.5) is 0 Å². The predicted octanol–water partition coefficient (Wildman–Crippen LogP) is 20.0. The summed E-state index contributed by atoms with van der Waals surface area (Å²) in [6, 6.07) is 12.5. The molecule has 0 aromatic heterocycles. The van der Waals surface area contributed by atoms with Gasteiger partial charge in [0.15, 0.2) is 0 Å². The molecule has 0 fully saturated rings. The molecule has 8 aliphatic heterocycles. The first kappa shape index (κ1) is 78.7. The van der Waals surface area contributed by atoms with E-state index in [1.807, 2.05) is 0 Å². The summed E-state index contributed by atoms with van der Waals surface area (Å²) in [5.74, 6) is 2.20. The molecule has 0 amide bonds. The summed E-state index contributed by atoms with van der Waals surface area (Å²) in [7, 11) is 6.74. The molecule has 12 rings (SSSR count). The molecule has 0 saturated heterocycles. The van der Waals surface area contributed by atoms with E-state index in [1.165, 1.54) is 12.1 Å². The highest BCUT2D eigenvalue weighted by molar-refractivity contribution is 9.12. The van der Waals surface area contributed by atoms with E-state index in [2.05, 4.69) is 83.8 Å². The fourth-order valence-electron chi connectivity index (χ4n) is 13.6. The van der Waals surface area contributed by atoms with Gasteiger partial charge >= 0.3 is 0 Å². The average Bonchev–Trinajstić information content (AvgIpc) is 1.58. The van der Waals surface area contributed by atoms with Gasteiger partial charge in [0.1, 0.15) is 66.1 Å². The largest absolute Gasteiger partial charge is 0.508 e. The third-order valence-corrected chi connectivity index (χ3v) is 24.6. The number of likely N-dealkylation sites (N-methyl/N-ethyl adjacent to an activating group) is 4. The Morgan fingerprint density at radius 2 is 0.673 bits per heavy atom. The molecule has 542 valence electrons. The lowest BCUT2D eigenvalue weighted by atomic mass is 9.96. The van der Waals surface area contributed by atoms with Gasteiger partial charge in [-0.05, 0) is 128 Å². The molecule has 8 aliphatic rings. The predicted molar refractivity (Wildman–Crippen MR) is 405 cm³/mol. The number of aromatic hydroxyl groups is 4. The van der Waals surface area contributed by atoms with Gasteiger partial charge in [-0.3, -0.25) is 19.2 Å². The van der Waals surface area contributed by atoms with Crippen molar-refractivity contribution < 1.29 is 58.6 Å². The van der Waals surface area contributed by atoms with Gasteiger partial charge in [-0.2, -0.15) is 0 Å². The molecule has 0 radical (unpaired) electrons. The lowest BCUT2D eigenvalue weighted by molar-refractivity contribution is 0.0212. The van der Waals surface area contributed by atoms with E-state index < -0.39 is 22.9 Å². The molecule has 101 heavy (non-hydrogen) atoms. The van der Waals surface area contributed by atoms with Gasteiger partial charge in [-0.1, -0.05) is 207 Å². The number of Topliss-reactive ketones (excluding diaryl/α,β-unsaturated/α-hetero) is 4. The maximum Gasteiger partial charge on any atom is 0.285 e. The van der Waals surface area contributed by atoms with E-state index in [0.717, 1.165) is 83.5 Å². The third-order valence-electron chi connectivity index (χ3n) is 20.2. The molecule has 0 aliphatic carbocycles. The van der Waals surface area contributed by atoms with Gasteiger partial charge in [-0.25, -0.2) is 0 Å². The number of hydrogen-bond acceptors (Lipinski definition) is 16. The number of hydrogen-bond donors (Lipinski definition) is 4. The standard InChI is InChI=1S/C20H23Cl2NO3.C19H21BrClNO3.2C19H21Cl2NO3/c1-5-11(2)7-6-8-13-15(24)10-9-14-17(13)26-20(19(14)25)18(22)16(21)12(3)23(20)4;1-4-5-6-7-8-12-14(23)10-9-13-16(12)25-19(18(13)24)17(21)15(20)11(2)22(19)3;1-10(2)6-5-7-12-14(23)9-8-13-16(12)25-19(18(13)24)17(21)15(20)11(3)22(19)4;1-4-5-6-7-8-12-14(23)10-9-13-16(12)25-19(18(13)24)17(21)15(20)11(2)22(19)3/h9-11,24H,3,5-8H2,1-2,4H3;9-10,23H,2,4-8H2,1,3H3;8-10,23H,3,5-7H2,1-2,4H3;9-10,23H,2,4-8H2,1,3H3. The van der Waals surface area contributed by atoms with Crippen molar-refractivity contribution in [2.45, 2.75) is 174 Å². The Morgan fingerprint density at radius 1 is 0.406 bits per heavy atom. The molecule has 4 aromatic carbocycles. The van der Waals surface area contributed by atoms with Crippen LogP contribution < -0.4 is 18.9 Å². The second kappa shape index (κ2) is 31.1. The van der Waals surface area contributed by atoms with E-state index in [-0.39, 0.29) is 81.4 Å². The first-order valence-corrected chi connectivity index (χ1v) is 37.4. The van der Waals surface area contributed by atoms with E-state index in [1.54, 1.807) is 84.2 Å². The van der Waals surface area contributed by atoms with Crippen LogP contribution in [0.1, 0.15) is 189 Å². The number of unbranched alkanes of at least 4 members (excludes halogenated alkanes) is 6. The number of ketones is 4. The minimum atomic E-state index is -1.52. The Kier molecular flexibility index (Phi) is 24.2. The quantitative estimate of drug-likeness (QED) is 0.0646. The van der Waals surface area contributed by atoms with Crippen LogP contribution in [0.3, 0.4) is 0 Å². The number of benzene rings is 4. The zero-order valence-corrected chi connectivity index (χ0v) is 65.4. The van der Waals surface area contributed by atoms with Gasteiger partial charge in [0.25, 0.3) is 22.9 Å². The minimum Gasteiger partial charge on any atom is -0.508 e. The number of rotatable bonds is 19. The summed E-state index contributed by atoms with van der Waals surface area (Å²) >= 11 is 47.6. The van der Waals surface area contributed by atoms with Crippen LogP contribution >= 0.6 is 97.1 Å². The number of fused-ring (bicyclic) bond motifs is 4. The summed E-state index contributed by atoms with van der Waals surface area (Å²) in [5, 5.41) is 42.5. The molecule has 0 saturated carbocycles. The molecule has 16 nitrogen and oxygen atoms in total. The van der Waals surface area contributed by atoms with Crippen molar-refractivity contribution in [2.75, 3.05) is 28.2 Å². The normalized spacial score (nSPS) is 22.4. The molecule has 4 N–H and O–H groups in total. The molecule has 8 heterocycles. The summed E-state index contributed by atoms with van der Waals surface area (Å²) < 4.78 is 25.0. The number of nitrogens with zero attached hydrogens (tertiary/aromatic N) is 4. The van der Waals surface area contributed by atoms with Crippen molar-refractivity contribution >= 4 is 120 Å². The number of phenols is 4. The number of halogens is 8. The molecule has 24 heteroatoms. The first-order chi connectivity index (χ1) is 47.7. The highest BCUT2D eigenvalue weighted by Crippen LogP contribution is 2.58. The maximum absolute atomic E-state index is 13.2. The Bertz CT molecular complexity index is 4130. The van der Waals surface area contributed by atoms with Crippen molar-refractivity contribution in [3.8, 4) is 46.0 Å². The van der Waals surface area contributed by atoms with Crippen LogP contribution in [0, 0.1) is 11.8 Å². The zero-order valence-electron chi connectivity index (χ0n) is 58.5. The summed E-state index contributed by atoms with van der Waals surface area (Å²) in [5.41, 5.74) is 0.169. The van der Waals surface area contributed by atoms with Gasteiger partial charge in [0.05, 0.1) is 58.9 Å². The lowest BCUT2D eigenvalue weighted by Gasteiger charge is -2.32. The maximum atomic E-state index is 13.2. The minimum absolute atomic E-state index is 0.107. The molecule has 4 aromatic rings. The van der Waals surface area contributed by atoms with Crippen molar-refractivity contribution in [3.63, 3.8) is 0 Å². The second-order valence-corrected chi connectivity index (χ2v) is 30.3. The van der Waals surface area contributed by atoms with Gasteiger partial charge < -0.3 is 59.0 Å². The van der Waals surface area contributed by atoms with Crippen LogP contribution in [0.25, 0.3) is 0 Å². The molecular weight excluding hydrogens is 1500 g/mol. The van der Waals surface area contributed by atoms with Crippen molar-refractivity contribution in [3.05, 3.63) is 182 Å². The Morgan fingerprint density at radius 3 is 0.911 bits per heavy atom. The van der Waals surface area contributed by atoms with Gasteiger partial charge in [0, 0.05) is 56.1 Å². The number of carbonyl (C=O) groups is 4. The van der Waals surface area contributed by atoms with Crippen LogP contribution in [0.15, 0.2) is 137 Å². The number of phenolic OH excluding ortho intramolecular Hbond substituents is 4. The third kappa shape index (κ3) is 13.2. The smallest absolute Gasteiger partial charge is 0.285 e. The number of allylic oxidation sites excluding steroid dienone is 4. The Labute approximate surface area is 635 Å². The van der Waals surface area contributed by atoms with Crippen LogP contribution in [-0.4, -0.2) is 114 Å². The molecular formula is C77H86BrCl7N4O12.